The SMILES string of the molecule is CCNC(=S)Nc1cnn(C)c1C(=O)O. The Morgan fingerprint density at radius 2 is 2.40 bits per heavy atom. The van der Waals surface area contributed by atoms with Crippen molar-refractivity contribution in [2.45, 2.75) is 6.92 Å². The molecule has 1 aromatic rings. The number of carboxylic acids is 1. The maximum Gasteiger partial charge on any atom is 0.356 e. The van der Waals surface area contributed by atoms with Crippen molar-refractivity contribution in [1.82, 2.24) is 15.1 Å². The van der Waals surface area contributed by atoms with Crippen molar-refractivity contribution < 1.29 is 9.90 Å². The molecule has 0 aliphatic heterocycles. The zero-order valence-corrected chi connectivity index (χ0v) is 9.26. The van der Waals surface area contributed by atoms with Crippen LogP contribution in [0.15, 0.2) is 6.20 Å². The van der Waals surface area contributed by atoms with Gasteiger partial charge in [-0.2, -0.15) is 5.10 Å². The first kappa shape index (κ1) is 11.4. The molecule has 1 rings (SSSR count). The molecule has 0 fully saturated rings. The summed E-state index contributed by atoms with van der Waals surface area (Å²) in [7, 11) is 1.56. The second-order valence-electron chi connectivity index (χ2n) is 2.82. The number of rotatable bonds is 3. The van der Waals surface area contributed by atoms with E-state index in [4.69, 9.17) is 17.3 Å². The first-order valence-electron chi connectivity index (χ1n) is 4.36. The van der Waals surface area contributed by atoms with E-state index in [1.165, 1.54) is 10.9 Å². The lowest BCUT2D eigenvalue weighted by atomic mass is 10.3. The van der Waals surface area contributed by atoms with Gasteiger partial charge >= 0.3 is 5.97 Å². The van der Waals surface area contributed by atoms with Crippen molar-refractivity contribution in [3.63, 3.8) is 0 Å². The van der Waals surface area contributed by atoms with E-state index >= 15 is 0 Å². The van der Waals surface area contributed by atoms with Crippen molar-refractivity contribution in [1.29, 1.82) is 0 Å². The maximum atomic E-state index is 10.9. The van der Waals surface area contributed by atoms with E-state index in [0.29, 0.717) is 17.3 Å². The molecule has 0 saturated carbocycles. The molecule has 0 unspecified atom stereocenters. The second-order valence-corrected chi connectivity index (χ2v) is 3.23. The molecule has 1 heterocycles. The summed E-state index contributed by atoms with van der Waals surface area (Å²) in [5, 5.41) is 18.8. The van der Waals surface area contributed by atoms with Crippen LogP contribution in [0.3, 0.4) is 0 Å². The van der Waals surface area contributed by atoms with Gasteiger partial charge < -0.3 is 15.7 Å². The summed E-state index contributed by atoms with van der Waals surface area (Å²) in [5.74, 6) is -1.04. The predicted octanol–water partition coefficient (Wildman–Crippen LogP) is 0.425. The maximum absolute atomic E-state index is 10.9. The van der Waals surface area contributed by atoms with Gasteiger partial charge in [-0.15, -0.1) is 0 Å². The molecule has 82 valence electrons. The van der Waals surface area contributed by atoms with Gasteiger partial charge in [0.1, 0.15) is 0 Å². The molecule has 0 aliphatic rings. The van der Waals surface area contributed by atoms with E-state index in [0.717, 1.165) is 0 Å². The molecule has 0 spiro atoms. The number of carbonyl (C=O) groups is 1. The molecule has 0 radical (unpaired) electrons. The van der Waals surface area contributed by atoms with Crippen LogP contribution < -0.4 is 10.6 Å². The summed E-state index contributed by atoms with van der Waals surface area (Å²) in [4.78, 5) is 10.9. The van der Waals surface area contributed by atoms with Gasteiger partial charge in [0, 0.05) is 13.6 Å². The number of carboxylic acid groups (broad SMARTS) is 1. The van der Waals surface area contributed by atoms with Gasteiger partial charge in [-0.05, 0) is 19.1 Å². The zero-order chi connectivity index (χ0) is 11.4. The normalized spacial score (nSPS) is 9.73. The highest BCUT2D eigenvalue weighted by molar-refractivity contribution is 7.80. The van der Waals surface area contributed by atoms with E-state index < -0.39 is 5.97 Å². The Hall–Kier alpha value is -1.63. The molecular formula is C8H12N4O2S. The highest BCUT2D eigenvalue weighted by Gasteiger charge is 2.15. The van der Waals surface area contributed by atoms with E-state index in [1.54, 1.807) is 7.05 Å². The van der Waals surface area contributed by atoms with Gasteiger partial charge in [0.2, 0.25) is 0 Å². The van der Waals surface area contributed by atoms with Crippen LogP contribution in [0, 0.1) is 0 Å². The zero-order valence-electron chi connectivity index (χ0n) is 8.44. The lowest BCUT2D eigenvalue weighted by Crippen LogP contribution is -2.28. The number of aromatic nitrogens is 2. The number of anilines is 1. The fourth-order valence-electron chi connectivity index (χ4n) is 1.11. The number of hydrogen-bond acceptors (Lipinski definition) is 3. The molecule has 0 aromatic carbocycles. The van der Waals surface area contributed by atoms with Crippen LogP contribution in [0.5, 0.6) is 0 Å². The number of nitrogens with one attached hydrogen (secondary N) is 2. The molecule has 0 bridgehead atoms. The Labute approximate surface area is 92.3 Å². The first-order chi connectivity index (χ1) is 7.06. The monoisotopic (exact) mass is 228 g/mol. The molecule has 15 heavy (non-hydrogen) atoms. The minimum Gasteiger partial charge on any atom is -0.476 e. The topological polar surface area (TPSA) is 79.2 Å². The van der Waals surface area contributed by atoms with Crippen molar-refractivity contribution in [2.24, 2.45) is 7.05 Å². The average Bonchev–Trinajstić information content (AvgIpc) is 2.47. The Kier molecular flexibility index (Phi) is 3.62. The van der Waals surface area contributed by atoms with E-state index in [9.17, 15) is 4.79 Å². The lowest BCUT2D eigenvalue weighted by molar-refractivity contribution is 0.0686. The summed E-state index contributed by atoms with van der Waals surface area (Å²) < 4.78 is 1.28. The average molecular weight is 228 g/mol. The summed E-state index contributed by atoms with van der Waals surface area (Å²) in [6, 6.07) is 0. The third-order valence-electron chi connectivity index (χ3n) is 1.73. The van der Waals surface area contributed by atoms with Gasteiger partial charge in [0.15, 0.2) is 10.8 Å². The fourth-order valence-corrected chi connectivity index (χ4v) is 1.36. The number of thiocarbonyl (C=S) groups is 1. The molecule has 3 N–H and O–H groups in total. The molecule has 0 amide bonds. The third-order valence-corrected chi connectivity index (χ3v) is 1.97. The van der Waals surface area contributed by atoms with Crippen LogP contribution in [0.25, 0.3) is 0 Å². The number of aryl methyl sites for hydroxylation is 1. The van der Waals surface area contributed by atoms with Gasteiger partial charge in [0.05, 0.1) is 11.9 Å². The summed E-state index contributed by atoms with van der Waals surface area (Å²) in [6.45, 7) is 2.57. The largest absolute Gasteiger partial charge is 0.476 e. The van der Waals surface area contributed by atoms with Gasteiger partial charge in [-0.1, -0.05) is 0 Å². The molecule has 6 nitrogen and oxygen atoms in total. The van der Waals surface area contributed by atoms with Crippen LogP contribution >= 0.6 is 12.2 Å². The van der Waals surface area contributed by atoms with Gasteiger partial charge in [-0.25, -0.2) is 4.79 Å². The van der Waals surface area contributed by atoms with Crippen LogP contribution in [-0.4, -0.2) is 32.5 Å². The molecule has 0 atom stereocenters. The standard InChI is InChI=1S/C8H12N4O2S/c1-3-9-8(15)11-5-4-10-12(2)6(5)7(13)14/h4H,3H2,1-2H3,(H,13,14)(H2,9,11,15). The molecule has 0 aliphatic carbocycles. The van der Waals surface area contributed by atoms with E-state index in [1.807, 2.05) is 6.92 Å². The van der Waals surface area contributed by atoms with Crippen molar-refractivity contribution in [2.75, 3.05) is 11.9 Å². The van der Waals surface area contributed by atoms with Gasteiger partial charge in [-0.3, -0.25) is 4.68 Å². The minimum atomic E-state index is -1.04. The smallest absolute Gasteiger partial charge is 0.356 e. The Morgan fingerprint density at radius 1 is 1.73 bits per heavy atom. The minimum absolute atomic E-state index is 0.0789. The van der Waals surface area contributed by atoms with Crippen LogP contribution in [0.1, 0.15) is 17.4 Å². The Morgan fingerprint density at radius 3 is 2.93 bits per heavy atom. The van der Waals surface area contributed by atoms with Crippen LogP contribution in [0.4, 0.5) is 5.69 Å². The van der Waals surface area contributed by atoms with Crippen molar-refractivity contribution >= 4 is 29.0 Å². The number of aromatic carboxylic acids is 1. The van der Waals surface area contributed by atoms with Gasteiger partial charge in [0.25, 0.3) is 0 Å². The molecular weight excluding hydrogens is 216 g/mol. The molecule has 0 saturated heterocycles. The van der Waals surface area contributed by atoms with Crippen LogP contribution in [-0.2, 0) is 7.05 Å². The van der Waals surface area contributed by atoms with E-state index in [-0.39, 0.29) is 5.69 Å². The molecule has 1 aromatic heterocycles. The van der Waals surface area contributed by atoms with Crippen molar-refractivity contribution in [3.05, 3.63) is 11.9 Å². The highest BCUT2D eigenvalue weighted by atomic mass is 32.1. The van der Waals surface area contributed by atoms with Crippen molar-refractivity contribution in [3.8, 4) is 0 Å². The Balaban J connectivity index is 2.86. The molecule has 7 heteroatoms. The second kappa shape index (κ2) is 4.74. The van der Waals surface area contributed by atoms with E-state index in [2.05, 4.69) is 15.7 Å². The Bertz CT molecular complexity index is 388. The summed E-state index contributed by atoms with van der Waals surface area (Å²) in [5.41, 5.74) is 0.464. The summed E-state index contributed by atoms with van der Waals surface area (Å²) in [6.07, 6.45) is 1.42. The summed E-state index contributed by atoms with van der Waals surface area (Å²) >= 11 is 4.94. The third kappa shape index (κ3) is 2.66. The van der Waals surface area contributed by atoms with Crippen LogP contribution in [0.2, 0.25) is 0 Å². The highest BCUT2D eigenvalue weighted by Crippen LogP contribution is 2.13. The number of hydrogen-bond donors (Lipinski definition) is 3. The quantitative estimate of drug-likeness (QED) is 0.651. The number of nitrogens with zero attached hydrogens (tertiary/aromatic N) is 2. The lowest BCUT2D eigenvalue weighted by Gasteiger charge is -2.07. The fraction of sp³-hybridized carbons (Fsp3) is 0.375. The predicted molar refractivity (Wildman–Crippen MR) is 60.1 cm³/mol. The first-order valence-corrected chi connectivity index (χ1v) is 4.77.